The Labute approximate surface area is 180 Å². The SMILES string of the molecule is CCc1ccc(NC(=O)CC(=O)Nc2ccc3nc4n(c(=O)c3c2)CCCCC4)cc1. The second-order valence-corrected chi connectivity index (χ2v) is 7.85. The number of nitrogens with zero attached hydrogens (tertiary/aromatic N) is 2. The van der Waals surface area contributed by atoms with Crippen LogP contribution >= 0.6 is 0 Å². The maximum atomic E-state index is 12.9. The van der Waals surface area contributed by atoms with Crippen molar-refractivity contribution in [2.45, 2.75) is 52.0 Å². The summed E-state index contributed by atoms with van der Waals surface area (Å²) in [7, 11) is 0. The van der Waals surface area contributed by atoms with Gasteiger partial charge in [-0.25, -0.2) is 4.98 Å². The molecule has 3 aromatic rings. The first-order valence-corrected chi connectivity index (χ1v) is 10.8. The third-order valence-corrected chi connectivity index (χ3v) is 5.57. The van der Waals surface area contributed by atoms with Crippen LogP contribution in [0.4, 0.5) is 11.4 Å². The highest BCUT2D eigenvalue weighted by molar-refractivity contribution is 6.08. The van der Waals surface area contributed by atoms with E-state index in [1.165, 1.54) is 5.56 Å². The summed E-state index contributed by atoms with van der Waals surface area (Å²) in [6.45, 7) is 2.73. The van der Waals surface area contributed by atoms with E-state index in [0.717, 1.165) is 37.9 Å². The lowest BCUT2D eigenvalue weighted by molar-refractivity contribution is -0.123. The molecule has 1 aliphatic rings. The van der Waals surface area contributed by atoms with Crippen molar-refractivity contribution < 1.29 is 9.59 Å². The second-order valence-electron chi connectivity index (χ2n) is 7.85. The molecule has 0 spiro atoms. The minimum absolute atomic E-state index is 0.0775. The lowest BCUT2D eigenvalue weighted by Crippen LogP contribution is -2.25. The molecule has 0 aliphatic carbocycles. The van der Waals surface area contributed by atoms with E-state index in [2.05, 4.69) is 22.5 Å². The summed E-state index contributed by atoms with van der Waals surface area (Å²) in [5.41, 5.74) is 2.86. The average Bonchev–Trinajstić information content (AvgIpc) is 3.00. The summed E-state index contributed by atoms with van der Waals surface area (Å²) in [6, 6.07) is 12.6. The standard InChI is InChI=1S/C24H26N4O3/c1-2-16-7-9-17(10-8-16)25-22(29)15-23(30)26-18-11-12-20-19(14-18)24(31)28-13-5-3-4-6-21(28)27-20/h7-12,14H,2-6,13,15H2,1H3,(H,25,29)(H,26,30). The predicted molar refractivity (Wildman–Crippen MR) is 121 cm³/mol. The zero-order valence-corrected chi connectivity index (χ0v) is 17.6. The maximum Gasteiger partial charge on any atom is 0.261 e. The zero-order chi connectivity index (χ0) is 21.8. The molecule has 1 aromatic heterocycles. The van der Waals surface area contributed by atoms with Crippen LogP contribution in [0.15, 0.2) is 47.3 Å². The summed E-state index contributed by atoms with van der Waals surface area (Å²) >= 11 is 0. The lowest BCUT2D eigenvalue weighted by Gasteiger charge is -2.11. The van der Waals surface area contributed by atoms with Gasteiger partial charge in [-0.15, -0.1) is 0 Å². The van der Waals surface area contributed by atoms with Gasteiger partial charge in [-0.3, -0.25) is 19.0 Å². The number of benzene rings is 2. The summed E-state index contributed by atoms with van der Waals surface area (Å²) < 4.78 is 1.75. The predicted octanol–water partition coefficient (Wildman–Crippen LogP) is 3.65. The van der Waals surface area contributed by atoms with Crippen molar-refractivity contribution >= 4 is 34.1 Å². The van der Waals surface area contributed by atoms with Gasteiger partial charge in [-0.2, -0.15) is 0 Å². The molecule has 2 amide bonds. The first kappa shape index (κ1) is 20.8. The second kappa shape index (κ2) is 9.12. The number of carbonyl (C=O) groups excluding carboxylic acids is 2. The number of anilines is 2. The molecule has 0 radical (unpaired) electrons. The van der Waals surface area contributed by atoms with E-state index < -0.39 is 11.8 Å². The van der Waals surface area contributed by atoms with Gasteiger partial charge in [0, 0.05) is 24.3 Å². The first-order chi connectivity index (χ1) is 15.0. The lowest BCUT2D eigenvalue weighted by atomic mass is 10.1. The minimum atomic E-state index is -0.440. The summed E-state index contributed by atoms with van der Waals surface area (Å²) in [4.78, 5) is 42.1. The van der Waals surface area contributed by atoms with Gasteiger partial charge in [0.1, 0.15) is 12.2 Å². The molecule has 160 valence electrons. The van der Waals surface area contributed by atoms with Crippen LogP contribution in [0, 0.1) is 0 Å². The monoisotopic (exact) mass is 418 g/mol. The molecule has 4 rings (SSSR count). The van der Waals surface area contributed by atoms with Crippen LogP contribution < -0.4 is 16.2 Å². The summed E-state index contributed by atoms with van der Waals surface area (Å²) in [5.74, 6) is -0.00475. The highest BCUT2D eigenvalue weighted by Crippen LogP contribution is 2.19. The summed E-state index contributed by atoms with van der Waals surface area (Å²) in [6.07, 6.45) is 4.51. The molecule has 31 heavy (non-hydrogen) atoms. The maximum absolute atomic E-state index is 12.9. The fourth-order valence-corrected chi connectivity index (χ4v) is 3.88. The van der Waals surface area contributed by atoms with Crippen molar-refractivity contribution in [2.75, 3.05) is 10.6 Å². The number of hydrogen-bond acceptors (Lipinski definition) is 4. The number of nitrogens with one attached hydrogen (secondary N) is 2. The van der Waals surface area contributed by atoms with Crippen LogP contribution in [0.2, 0.25) is 0 Å². The van der Waals surface area contributed by atoms with E-state index in [1.54, 1.807) is 22.8 Å². The van der Waals surface area contributed by atoms with Gasteiger partial charge in [0.05, 0.1) is 10.9 Å². The molecule has 0 bridgehead atoms. The Kier molecular flexibility index (Phi) is 6.11. The molecule has 7 heteroatoms. The van der Waals surface area contributed by atoms with Crippen molar-refractivity contribution in [1.29, 1.82) is 0 Å². The van der Waals surface area contributed by atoms with Gasteiger partial charge in [0.15, 0.2) is 0 Å². The number of amides is 2. The van der Waals surface area contributed by atoms with E-state index >= 15 is 0 Å². The van der Waals surface area contributed by atoms with Crippen LogP contribution in [0.1, 0.15) is 44.0 Å². The van der Waals surface area contributed by atoms with Crippen molar-refractivity contribution in [2.24, 2.45) is 0 Å². The molecule has 0 fully saturated rings. The van der Waals surface area contributed by atoms with Gasteiger partial charge in [0.2, 0.25) is 11.8 Å². The Bertz CT molecular complexity index is 1180. The van der Waals surface area contributed by atoms with Gasteiger partial charge < -0.3 is 10.6 Å². The zero-order valence-electron chi connectivity index (χ0n) is 17.6. The topological polar surface area (TPSA) is 93.1 Å². The van der Waals surface area contributed by atoms with Crippen molar-refractivity contribution in [3.63, 3.8) is 0 Å². The van der Waals surface area contributed by atoms with Gasteiger partial charge in [0.25, 0.3) is 5.56 Å². The molecule has 7 nitrogen and oxygen atoms in total. The number of hydrogen-bond donors (Lipinski definition) is 2. The van der Waals surface area contributed by atoms with Crippen molar-refractivity contribution in [3.8, 4) is 0 Å². The van der Waals surface area contributed by atoms with Crippen LogP contribution in [0.5, 0.6) is 0 Å². The molecule has 2 heterocycles. The van der Waals surface area contributed by atoms with Crippen molar-refractivity contribution in [3.05, 3.63) is 64.2 Å². The number of aromatic nitrogens is 2. The number of rotatable bonds is 5. The van der Waals surface area contributed by atoms with Crippen LogP contribution in [-0.2, 0) is 29.0 Å². The Morgan fingerprint density at radius 2 is 1.68 bits per heavy atom. The summed E-state index contributed by atoms with van der Waals surface area (Å²) in [5, 5.41) is 5.91. The van der Waals surface area contributed by atoms with Crippen LogP contribution in [0.3, 0.4) is 0 Å². The molecule has 1 aliphatic heterocycles. The van der Waals surface area contributed by atoms with Crippen LogP contribution in [-0.4, -0.2) is 21.4 Å². The van der Waals surface area contributed by atoms with Gasteiger partial charge in [-0.05, 0) is 55.2 Å². The van der Waals surface area contributed by atoms with E-state index in [9.17, 15) is 14.4 Å². The first-order valence-electron chi connectivity index (χ1n) is 10.8. The smallest absolute Gasteiger partial charge is 0.261 e. The average molecular weight is 418 g/mol. The molecular formula is C24H26N4O3. The molecule has 0 unspecified atom stereocenters. The van der Waals surface area contributed by atoms with Gasteiger partial charge >= 0.3 is 0 Å². The quantitative estimate of drug-likeness (QED) is 0.619. The van der Waals surface area contributed by atoms with E-state index in [1.807, 2.05) is 24.3 Å². The molecule has 2 aromatic carbocycles. The Balaban J connectivity index is 1.45. The number of aryl methyl sites for hydroxylation is 2. The largest absolute Gasteiger partial charge is 0.326 e. The van der Waals surface area contributed by atoms with Crippen LogP contribution in [0.25, 0.3) is 10.9 Å². The third kappa shape index (κ3) is 4.82. The van der Waals surface area contributed by atoms with Crippen molar-refractivity contribution in [1.82, 2.24) is 9.55 Å². The van der Waals surface area contributed by atoms with E-state index in [4.69, 9.17) is 0 Å². The highest BCUT2D eigenvalue weighted by atomic mass is 16.2. The Hall–Kier alpha value is -3.48. The number of carbonyl (C=O) groups is 2. The third-order valence-electron chi connectivity index (χ3n) is 5.57. The number of fused-ring (bicyclic) bond motifs is 2. The molecular weight excluding hydrogens is 392 g/mol. The normalized spacial score (nSPS) is 13.3. The molecule has 0 atom stereocenters. The van der Waals surface area contributed by atoms with E-state index in [-0.39, 0.29) is 12.0 Å². The Morgan fingerprint density at radius 3 is 2.42 bits per heavy atom. The fourth-order valence-electron chi connectivity index (χ4n) is 3.88. The minimum Gasteiger partial charge on any atom is -0.326 e. The van der Waals surface area contributed by atoms with Gasteiger partial charge in [-0.1, -0.05) is 25.5 Å². The molecule has 2 N–H and O–H groups in total. The molecule has 0 saturated carbocycles. The highest BCUT2D eigenvalue weighted by Gasteiger charge is 2.15. The fraction of sp³-hybridized carbons (Fsp3) is 0.333. The molecule has 0 saturated heterocycles. The van der Waals surface area contributed by atoms with E-state index in [0.29, 0.717) is 28.8 Å². The Morgan fingerprint density at radius 1 is 0.968 bits per heavy atom.